The molecule has 1 aromatic rings. The van der Waals surface area contributed by atoms with Crippen molar-refractivity contribution in [3.05, 3.63) is 29.8 Å². The second-order valence-electron chi connectivity index (χ2n) is 6.60. The maximum atomic E-state index is 12.8. The maximum absolute atomic E-state index is 12.8. The van der Waals surface area contributed by atoms with Gasteiger partial charge in [0.1, 0.15) is 0 Å². The van der Waals surface area contributed by atoms with E-state index in [1.165, 1.54) is 7.11 Å². The number of para-hydroxylation sites is 1. The van der Waals surface area contributed by atoms with Gasteiger partial charge in [0.05, 0.1) is 24.8 Å². The summed E-state index contributed by atoms with van der Waals surface area (Å²) in [6.07, 6.45) is 1.94. The zero-order chi connectivity index (χ0) is 19.8. The van der Waals surface area contributed by atoms with Crippen molar-refractivity contribution in [3.63, 3.8) is 0 Å². The summed E-state index contributed by atoms with van der Waals surface area (Å²) in [4.78, 5) is 37.6. The van der Waals surface area contributed by atoms with Crippen LogP contribution >= 0.6 is 12.2 Å². The van der Waals surface area contributed by atoms with E-state index in [-0.39, 0.29) is 23.9 Å². The number of piperidine rings is 1. The molecule has 27 heavy (non-hydrogen) atoms. The standard InChI is InChI=1S/C19H25N3O4S/c1-13-9-11-22(12-10-13)18(25)14-5-3-4-6-15(14)20-19(27)21-16(23)7-8-17(24)26-2/h3-6,13H,7-12H2,1-2H3,(H2,20,21,23,27). The number of hydrogen-bond donors (Lipinski definition) is 2. The molecule has 146 valence electrons. The van der Waals surface area contributed by atoms with Gasteiger partial charge in [0.15, 0.2) is 5.11 Å². The van der Waals surface area contributed by atoms with Crippen LogP contribution in [-0.4, -0.2) is 48.0 Å². The van der Waals surface area contributed by atoms with E-state index in [0.29, 0.717) is 17.2 Å². The molecule has 2 rings (SSSR count). The second-order valence-corrected chi connectivity index (χ2v) is 7.01. The Labute approximate surface area is 164 Å². The quantitative estimate of drug-likeness (QED) is 0.592. The lowest BCUT2D eigenvalue weighted by atomic mass is 9.98. The lowest BCUT2D eigenvalue weighted by Crippen LogP contribution is -2.39. The normalized spacial score (nSPS) is 14.4. The van der Waals surface area contributed by atoms with Crippen molar-refractivity contribution in [1.29, 1.82) is 0 Å². The third-order valence-electron chi connectivity index (χ3n) is 4.51. The highest BCUT2D eigenvalue weighted by molar-refractivity contribution is 7.80. The molecule has 1 heterocycles. The fourth-order valence-corrected chi connectivity index (χ4v) is 3.04. The lowest BCUT2D eigenvalue weighted by Gasteiger charge is -2.30. The highest BCUT2D eigenvalue weighted by atomic mass is 32.1. The Morgan fingerprint density at radius 3 is 2.52 bits per heavy atom. The molecule has 0 bridgehead atoms. The maximum Gasteiger partial charge on any atom is 0.306 e. The topological polar surface area (TPSA) is 87.7 Å². The summed E-state index contributed by atoms with van der Waals surface area (Å²) in [5.41, 5.74) is 1.05. The van der Waals surface area contributed by atoms with Gasteiger partial charge >= 0.3 is 5.97 Å². The van der Waals surface area contributed by atoms with Crippen molar-refractivity contribution in [2.45, 2.75) is 32.6 Å². The Morgan fingerprint density at radius 2 is 1.85 bits per heavy atom. The van der Waals surface area contributed by atoms with Crippen molar-refractivity contribution < 1.29 is 19.1 Å². The van der Waals surface area contributed by atoms with Crippen molar-refractivity contribution in [2.75, 3.05) is 25.5 Å². The molecule has 1 saturated heterocycles. The molecule has 2 N–H and O–H groups in total. The van der Waals surface area contributed by atoms with Crippen LogP contribution in [0.15, 0.2) is 24.3 Å². The fourth-order valence-electron chi connectivity index (χ4n) is 2.82. The monoisotopic (exact) mass is 391 g/mol. The molecule has 1 aliphatic rings. The van der Waals surface area contributed by atoms with Crippen LogP contribution in [0.5, 0.6) is 0 Å². The first-order valence-electron chi connectivity index (χ1n) is 8.96. The number of amides is 2. The Bertz CT molecular complexity index is 715. The van der Waals surface area contributed by atoms with E-state index in [1.807, 2.05) is 4.90 Å². The van der Waals surface area contributed by atoms with Crippen molar-refractivity contribution in [1.82, 2.24) is 10.2 Å². The Morgan fingerprint density at radius 1 is 1.19 bits per heavy atom. The van der Waals surface area contributed by atoms with E-state index in [2.05, 4.69) is 22.3 Å². The number of benzene rings is 1. The van der Waals surface area contributed by atoms with Crippen molar-refractivity contribution >= 4 is 40.8 Å². The zero-order valence-corrected chi connectivity index (χ0v) is 16.4. The minimum Gasteiger partial charge on any atom is -0.469 e. The highest BCUT2D eigenvalue weighted by Crippen LogP contribution is 2.22. The summed E-state index contributed by atoms with van der Waals surface area (Å²) in [5.74, 6) is -0.275. The molecule has 0 aliphatic carbocycles. The molecule has 8 heteroatoms. The van der Waals surface area contributed by atoms with E-state index >= 15 is 0 Å². The minimum absolute atomic E-state index is 0.0204. The number of hydrogen-bond acceptors (Lipinski definition) is 5. The number of thiocarbonyl (C=S) groups is 1. The Hall–Kier alpha value is -2.48. The molecule has 1 fully saturated rings. The fraction of sp³-hybridized carbons (Fsp3) is 0.474. The molecule has 2 amide bonds. The number of esters is 1. The van der Waals surface area contributed by atoms with Gasteiger partial charge in [-0.15, -0.1) is 0 Å². The average molecular weight is 391 g/mol. The van der Waals surface area contributed by atoms with Crippen LogP contribution in [0.2, 0.25) is 0 Å². The number of carbonyl (C=O) groups is 3. The summed E-state index contributed by atoms with van der Waals surface area (Å²) >= 11 is 5.15. The molecule has 0 radical (unpaired) electrons. The number of likely N-dealkylation sites (tertiary alicyclic amines) is 1. The van der Waals surface area contributed by atoms with Crippen LogP contribution in [0.25, 0.3) is 0 Å². The molecular formula is C19H25N3O4S. The SMILES string of the molecule is COC(=O)CCC(=O)NC(=S)Nc1ccccc1C(=O)N1CCC(C)CC1. The molecular weight excluding hydrogens is 366 g/mol. The van der Waals surface area contributed by atoms with E-state index in [9.17, 15) is 14.4 Å². The van der Waals surface area contributed by atoms with Gasteiger partial charge in [0.2, 0.25) is 5.91 Å². The smallest absolute Gasteiger partial charge is 0.306 e. The van der Waals surface area contributed by atoms with E-state index in [4.69, 9.17) is 12.2 Å². The number of methoxy groups -OCH3 is 1. The predicted octanol–water partition coefficient (Wildman–Crippen LogP) is 2.32. The summed E-state index contributed by atoms with van der Waals surface area (Å²) in [6.45, 7) is 3.67. The number of carbonyl (C=O) groups excluding carboxylic acids is 3. The van der Waals surface area contributed by atoms with Crippen LogP contribution in [-0.2, 0) is 14.3 Å². The Balaban J connectivity index is 1.96. The molecule has 0 spiro atoms. The van der Waals surface area contributed by atoms with Crippen LogP contribution in [0.3, 0.4) is 0 Å². The third-order valence-corrected chi connectivity index (χ3v) is 4.72. The van der Waals surface area contributed by atoms with Gasteiger partial charge in [-0.2, -0.15) is 0 Å². The van der Waals surface area contributed by atoms with Crippen LogP contribution in [0, 0.1) is 5.92 Å². The van der Waals surface area contributed by atoms with Crippen molar-refractivity contribution in [2.24, 2.45) is 5.92 Å². The molecule has 7 nitrogen and oxygen atoms in total. The molecule has 1 aliphatic heterocycles. The molecule has 0 unspecified atom stereocenters. The zero-order valence-electron chi connectivity index (χ0n) is 15.6. The minimum atomic E-state index is -0.462. The first-order valence-corrected chi connectivity index (χ1v) is 9.37. The summed E-state index contributed by atoms with van der Waals surface area (Å²) in [6, 6.07) is 7.07. The van der Waals surface area contributed by atoms with Gasteiger partial charge in [-0.25, -0.2) is 0 Å². The lowest BCUT2D eigenvalue weighted by molar-refractivity contribution is -0.142. The molecule has 0 saturated carbocycles. The number of anilines is 1. The largest absolute Gasteiger partial charge is 0.469 e. The van der Waals surface area contributed by atoms with Crippen LogP contribution < -0.4 is 10.6 Å². The molecule has 0 aromatic heterocycles. The van der Waals surface area contributed by atoms with E-state index in [0.717, 1.165) is 25.9 Å². The number of ether oxygens (including phenoxy) is 1. The second kappa shape index (κ2) is 10.0. The van der Waals surface area contributed by atoms with Gasteiger partial charge < -0.3 is 20.3 Å². The van der Waals surface area contributed by atoms with E-state index in [1.54, 1.807) is 24.3 Å². The summed E-state index contributed by atoms with van der Waals surface area (Å²) in [5, 5.41) is 5.50. The van der Waals surface area contributed by atoms with Gasteiger partial charge in [-0.05, 0) is 43.1 Å². The van der Waals surface area contributed by atoms with E-state index < -0.39 is 11.9 Å². The summed E-state index contributed by atoms with van der Waals surface area (Å²) < 4.78 is 4.50. The third kappa shape index (κ3) is 6.32. The molecule has 0 atom stereocenters. The number of rotatable bonds is 5. The first kappa shape index (κ1) is 20.8. The predicted molar refractivity (Wildman–Crippen MR) is 106 cm³/mol. The van der Waals surface area contributed by atoms with Gasteiger partial charge in [0, 0.05) is 19.5 Å². The first-order chi connectivity index (χ1) is 12.9. The number of nitrogens with zero attached hydrogens (tertiary/aromatic N) is 1. The molecule has 1 aromatic carbocycles. The highest BCUT2D eigenvalue weighted by Gasteiger charge is 2.23. The summed E-state index contributed by atoms with van der Waals surface area (Å²) in [7, 11) is 1.27. The number of nitrogens with one attached hydrogen (secondary N) is 2. The van der Waals surface area contributed by atoms with Gasteiger partial charge in [-0.1, -0.05) is 19.1 Å². The van der Waals surface area contributed by atoms with Crippen LogP contribution in [0.1, 0.15) is 43.0 Å². The van der Waals surface area contributed by atoms with Gasteiger partial charge in [-0.3, -0.25) is 14.4 Å². The van der Waals surface area contributed by atoms with Gasteiger partial charge in [0.25, 0.3) is 5.91 Å². The van der Waals surface area contributed by atoms with Crippen molar-refractivity contribution in [3.8, 4) is 0 Å². The van der Waals surface area contributed by atoms with Crippen LogP contribution in [0.4, 0.5) is 5.69 Å². The Kier molecular flexibility index (Phi) is 7.72. The average Bonchev–Trinajstić information content (AvgIpc) is 2.66.